The number of benzene rings is 1. The van der Waals surface area contributed by atoms with Gasteiger partial charge < -0.3 is 4.90 Å². The van der Waals surface area contributed by atoms with Crippen LogP contribution in [0.5, 0.6) is 0 Å². The molecule has 0 saturated heterocycles. The summed E-state index contributed by atoms with van der Waals surface area (Å²) in [4.78, 5) is 14.4. The molecule has 0 N–H and O–H groups in total. The first-order valence-corrected chi connectivity index (χ1v) is 8.48. The van der Waals surface area contributed by atoms with Crippen LogP contribution >= 0.6 is 34.2 Å². The Bertz CT molecular complexity index is 505. The molecule has 2 nitrogen and oxygen atoms in total. The molecule has 4 heteroatoms. The van der Waals surface area contributed by atoms with Gasteiger partial charge in [-0.15, -0.1) is 0 Å². The summed E-state index contributed by atoms with van der Waals surface area (Å²) in [6.07, 6.45) is 4.55. The monoisotopic (exact) mass is 405 g/mol. The molecule has 1 aromatic carbocycles. The zero-order chi connectivity index (χ0) is 14.9. The quantitative estimate of drug-likeness (QED) is 0.635. The van der Waals surface area contributed by atoms with E-state index in [0.29, 0.717) is 22.0 Å². The Morgan fingerprint density at radius 1 is 1.35 bits per heavy atom. The van der Waals surface area contributed by atoms with E-state index in [-0.39, 0.29) is 5.91 Å². The Morgan fingerprint density at radius 2 is 1.95 bits per heavy atom. The van der Waals surface area contributed by atoms with E-state index >= 15 is 0 Å². The third kappa shape index (κ3) is 3.67. The maximum Gasteiger partial charge on any atom is 0.253 e. The lowest BCUT2D eigenvalue weighted by Gasteiger charge is -2.38. The van der Waals surface area contributed by atoms with Gasteiger partial charge in [-0.2, -0.15) is 0 Å². The number of amides is 1. The van der Waals surface area contributed by atoms with E-state index in [1.54, 1.807) is 6.07 Å². The highest BCUT2D eigenvalue weighted by atomic mass is 127. The SMILES string of the molecule is CN(C(=O)c1ccc(I)c(Cl)c1)C1CCC(C)(C)CC1. The predicted molar refractivity (Wildman–Crippen MR) is 92.3 cm³/mol. The van der Waals surface area contributed by atoms with E-state index in [0.717, 1.165) is 16.4 Å². The van der Waals surface area contributed by atoms with Crippen LogP contribution in [0.15, 0.2) is 18.2 Å². The van der Waals surface area contributed by atoms with Crippen LogP contribution in [0.1, 0.15) is 49.9 Å². The van der Waals surface area contributed by atoms with Crippen molar-refractivity contribution in [1.82, 2.24) is 4.90 Å². The van der Waals surface area contributed by atoms with Gasteiger partial charge in [0.2, 0.25) is 0 Å². The molecule has 1 fully saturated rings. The number of halogens is 2. The number of hydrogen-bond acceptors (Lipinski definition) is 1. The minimum atomic E-state index is 0.0769. The van der Waals surface area contributed by atoms with Gasteiger partial charge in [-0.25, -0.2) is 0 Å². The molecular weight excluding hydrogens is 385 g/mol. The normalized spacial score (nSPS) is 18.9. The summed E-state index contributed by atoms with van der Waals surface area (Å²) in [7, 11) is 1.91. The second-order valence-electron chi connectivity index (χ2n) is 6.44. The maximum absolute atomic E-state index is 12.5. The zero-order valence-corrected chi connectivity index (χ0v) is 15.2. The molecule has 1 amide bonds. The van der Waals surface area contributed by atoms with E-state index in [1.807, 2.05) is 24.1 Å². The predicted octanol–water partition coefficient (Wildman–Crippen LogP) is 4.99. The Labute approximate surface area is 140 Å². The van der Waals surface area contributed by atoms with Crippen LogP contribution in [0.4, 0.5) is 0 Å². The first-order valence-electron chi connectivity index (χ1n) is 7.02. The van der Waals surface area contributed by atoms with Crippen LogP contribution in [0.2, 0.25) is 5.02 Å². The van der Waals surface area contributed by atoms with Gasteiger partial charge in [-0.05, 0) is 71.9 Å². The molecule has 1 aromatic rings. The molecule has 0 aliphatic heterocycles. The van der Waals surface area contributed by atoms with Crippen molar-refractivity contribution in [2.75, 3.05) is 7.05 Å². The van der Waals surface area contributed by atoms with Crippen LogP contribution in [0, 0.1) is 8.99 Å². The van der Waals surface area contributed by atoms with Crippen LogP contribution in [-0.4, -0.2) is 23.9 Å². The second kappa shape index (κ2) is 6.22. The largest absolute Gasteiger partial charge is 0.339 e. The molecule has 0 atom stereocenters. The van der Waals surface area contributed by atoms with Gasteiger partial charge in [0.05, 0.1) is 5.02 Å². The van der Waals surface area contributed by atoms with Gasteiger partial charge >= 0.3 is 0 Å². The van der Waals surface area contributed by atoms with Crippen LogP contribution in [-0.2, 0) is 0 Å². The maximum atomic E-state index is 12.5. The molecule has 20 heavy (non-hydrogen) atoms. The molecule has 0 unspecified atom stereocenters. The highest BCUT2D eigenvalue weighted by molar-refractivity contribution is 14.1. The summed E-state index contributed by atoms with van der Waals surface area (Å²) in [6, 6.07) is 5.89. The van der Waals surface area contributed by atoms with Crippen molar-refractivity contribution < 1.29 is 4.79 Å². The Kier molecular flexibility index (Phi) is 5.00. The van der Waals surface area contributed by atoms with Gasteiger partial charge in [0.1, 0.15) is 0 Å². The minimum absolute atomic E-state index is 0.0769. The summed E-state index contributed by atoms with van der Waals surface area (Å²) in [6.45, 7) is 4.62. The zero-order valence-electron chi connectivity index (χ0n) is 12.2. The van der Waals surface area contributed by atoms with Crippen LogP contribution in [0.3, 0.4) is 0 Å². The molecule has 1 aliphatic carbocycles. The van der Waals surface area contributed by atoms with Gasteiger partial charge in [0, 0.05) is 22.2 Å². The molecule has 0 bridgehead atoms. The van der Waals surface area contributed by atoms with Crippen molar-refractivity contribution in [2.24, 2.45) is 5.41 Å². The average molecular weight is 406 g/mol. The standard InChI is InChI=1S/C16H21ClINO/c1-16(2)8-6-12(7-9-16)19(3)15(20)11-4-5-14(18)13(17)10-11/h4-5,10,12H,6-9H2,1-3H3. The highest BCUT2D eigenvalue weighted by Gasteiger charge is 2.30. The van der Waals surface area contributed by atoms with Crippen LogP contribution < -0.4 is 0 Å². The second-order valence-corrected chi connectivity index (χ2v) is 8.01. The lowest BCUT2D eigenvalue weighted by Crippen LogP contribution is -2.40. The molecule has 0 spiro atoms. The average Bonchev–Trinajstić information content (AvgIpc) is 2.40. The van der Waals surface area contributed by atoms with Gasteiger partial charge in [-0.1, -0.05) is 25.4 Å². The molecule has 0 radical (unpaired) electrons. The number of hydrogen-bond donors (Lipinski definition) is 0. The highest BCUT2D eigenvalue weighted by Crippen LogP contribution is 2.37. The molecule has 1 aliphatic rings. The third-order valence-corrected chi connectivity index (χ3v) is 5.92. The lowest BCUT2D eigenvalue weighted by molar-refractivity contribution is 0.0635. The van der Waals surface area contributed by atoms with E-state index < -0.39 is 0 Å². The number of rotatable bonds is 2. The van der Waals surface area contributed by atoms with Crippen molar-refractivity contribution >= 4 is 40.1 Å². The summed E-state index contributed by atoms with van der Waals surface area (Å²) >= 11 is 8.28. The molecule has 110 valence electrons. The first-order chi connectivity index (χ1) is 9.30. The van der Waals surface area contributed by atoms with Crippen molar-refractivity contribution in [2.45, 2.75) is 45.6 Å². The summed E-state index contributed by atoms with van der Waals surface area (Å²) in [5.74, 6) is 0.0769. The number of carbonyl (C=O) groups excluding carboxylic acids is 1. The fourth-order valence-electron chi connectivity index (χ4n) is 2.77. The topological polar surface area (TPSA) is 20.3 Å². The van der Waals surface area contributed by atoms with E-state index in [9.17, 15) is 4.79 Å². The fraction of sp³-hybridized carbons (Fsp3) is 0.562. The van der Waals surface area contributed by atoms with E-state index in [4.69, 9.17) is 11.6 Å². The summed E-state index contributed by atoms with van der Waals surface area (Å²) in [5.41, 5.74) is 1.11. The summed E-state index contributed by atoms with van der Waals surface area (Å²) < 4.78 is 0.975. The van der Waals surface area contributed by atoms with Crippen molar-refractivity contribution in [3.8, 4) is 0 Å². The summed E-state index contributed by atoms with van der Waals surface area (Å²) in [5, 5.41) is 0.648. The van der Waals surface area contributed by atoms with Crippen molar-refractivity contribution in [1.29, 1.82) is 0 Å². The minimum Gasteiger partial charge on any atom is -0.339 e. The van der Waals surface area contributed by atoms with E-state index in [2.05, 4.69) is 36.4 Å². The molecule has 1 saturated carbocycles. The smallest absolute Gasteiger partial charge is 0.253 e. The van der Waals surface area contributed by atoms with Crippen LogP contribution in [0.25, 0.3) is 0 Å². The molecular formula is C16H21ClINO. The first kappa shape index (κ1) is 16.1. The Morgan fingerprint density at radius 3 is 2.50 bits per heavy atom. The Hall–Kier alpha value is -0.290. The number of carbonyl (C=O) groups is 1. The lowest BCUT2D eigenvalue weighted by atomic mass is 9.75. The third-order valence-electron chi connectivity index (χ3n) is 4.34. The van der Waals surface area contributed by atoms with Crippen molar-refractivity contribution in [3.63, 3.8) is 0 Å². The van der Waals surface area contributed by atoms with E-state index in [1.165, 1.54) is 12.8 Å². The van der Waals surface area contributed by atoms with Crippen molar-refractivity contribution in [3.05, 3.63) is 32.4 Å². The van der Waals surface area contributed by atoms with Gasteiger partial charge in [-0.3, -0.25) is 4.79 Å². The molecule has 0 heterocycles. The number of nitrogens with zero attached hydrogens (tertiary/aromatic N) is 1. The van der Waals surface area contributed by atoms with Gasteiger partial charge in [0.15, 0.2) is 0 Å². The molecule has 0 aromatic heterocycles. The Balaban J connectivity index is 2.07. The molecule has 2 rings (SSSR count). The van der Waals surface area contributed by atoms with Gasteiger partial charge in [0.25, 0.3) is 5.91 Å². The fourth-order valence-corrected chi connectivity index (χ4v) is 3.29.